The standard InChI is InChI=1S/C26H33N3O4S2/c1-16-12-23(35-18(16)3)26(32)27-9-6-24(30)29-10-7-19(8-11-29)20-13-21(33-15-20)14-28-25(31)22-5-4-17(2)34-22/h4-5,12-13,15-16,18-19H,6-11,14H2,1-3H3,(H,27,32)(H,28,31). The van der Waals surface area contributed by atoms with Gasteiger partial charge >= 0.3 is 0 Å². The molecular weight excluding hydrogens is 482 g/mol. The fourth-order valence-electron chi connectivity index (χ4n) is 4.36. The van der Waals surface area contributed by atoms with Crippen LogP contribution in [0.1, 0.15) is 64.9 Å². The summed E-state index contributed by atoms with van der Waals surface area (Å²) in [5.41, 5.74) is 1.12. The summed E-state index contributed by atoms with van der Waals surface area (Å²) in [7, 11) is 0. The van der Waals surface area contributed by atoms with E-state index in [0.717, 1.165) is 33.9 Å². The van der Waals surface area contributed by atoms with Crippen LogP contribution in [-0.4, -0.2) is 47.5 Å². The zero-order valence-electron chi connectivity index (χ0n) is 20.5. The molecule has 2 aliphatic heterocycles. The number of hydrogen-bond donors (Lipinski definition) is 2. The first-order valence-corrected chi connectivity index (χ1v) is 13.9. The lowest BCUT2D eigenvalue weighted by atomic mass is 9.91. The molecule has 0 aromatic carbocycles. The summed E-state index contributed by atoms with van der Waals surface area (Å²) < 4.78 is 5.68. The highest BCUT2D eigenvalue weighted by Crippen LogP contribution is 2.36. The molecule has 0 spiro atoms. The fraction of sp³-hybridized carbons (Fsp3) is 0.500. The average Bonchev–Trinajstić information content (AvgIpc) is 3.58. The number of rotatable bonds is 8. The Hall–Kier alpha value is -2.52. The van der Waals surface area contributed by atoms with Gasteiger partial charge in [0.15, 0.2) is 0 Å². The van der Waals surface area contributed by atoms with Gasteiger partial charge in [0.05, 0.1) is 22.6 Å². The molecule has 2 N–H and O–H groups in total. The van der Waals surface area contributed by atoms with Crippen LogP contribution in [0.25, 0.3) is 0 Å². The predicted octanol–water partition coefficient (Wildman–Crippen LogP) is 4.45. The van der Waals surface area contributed by atoms with Crippen LogP contribution in [0, 0.1) is 12.8 Å². The van der Waals surface area contributed by atoms with Crippen molar-refractivity contribution in [3.8, 4) is 0 Å². The van der Waals surface area contributed by atoms with Crippen molar-refractivity contribution in [2.45, 2.75) is 57.7 Å². The Labute approximate surface area is 214 Å². The second-order valence-electron chi connectivity index (χ2n) is 9.31. The smallest absolute Gasteiger partial charge is 0.261 e. The Balaban J connectivity index is 1.16. The quantitative estimate of drug-likeness (QED) is 0.542. The summed E-state index contributed by atoms with van der Waals surface area (Å²) in [5.74, 6) is 1.38. The maximum Gasteiger partial charge on any atom is 0.261 e. The Bertz CT molecular complexity index is 1100. The zero-order valence-corrected chi connectivity index (χ0v) is 22.1. The maximum atomic E-state index is 12.6. The van der Waals surface area contributed by atoms with Crippen LogP contribution in [0.4, 0.5) is 0 Å². The number of nitrogens with one attached hydrogen (secondary N) is 2. The molecule has 7 nitrogen and oxygen atoms in total. The molecule has 0 aliphatic carbocycles. The third-order valence-corrected chi connectivity index (χ3v) is 9.07. The van der Waals surface area contributed by atoms with Gasteiger partial charge in [0.1, 0.15) is 5.76 Å². The molecule has 2 unspecified atom stereocenters. The zero-order chi connectivity index (χ0) is 24.9. The largest absolute Gasteiger partial charge is 0.467 e. The third-order valence-electron chi connectivity index (χ3n) is 6.70. The molecule has 35 heavy (non-hydrogen) atoms. The molecule has 9 heteroatoms. The number of hydrogen-bond acceptors (Lipinski definition) is 6. The van der Waals surface area contributed by atoms with Crippen LogP contribution in [-0.2, 0) is 16.1 Å². The van der Waals surface area contributed by atoms with Gasteiger partial charge in [-0.25, -0.2) is 0 Å². The van der Waals surface area contributed by atoms with Crippen molar-refractivity contribution in [1.29, 1.82) is 0 Å². The first kappa shape index (κ1) is 25.6. The highest BCUT2D eigenvalue weighted by Gasteiger charge is 2.27. The molecule has 4 heterocycles. The normalized spacial score (nSPS) is 20.5. The number of carbonyl (C=O) groups excluding carboxylic acids is 3. The first-order valence-electron chi connectivity index (χ1n) is 12.2. The number of amides is 3. The number of allylic oxidation sites excluding steroid dienone is 1. The second-order valence-corrected chi connectivity index (χ2v) is 12.0. The summed E-state index contributed by atoms with van der Waals surface area (Å²) in [5, 5.41) is 6.21. The summed E-state index contributed by atoms with van der Waals surface area (Å²) >= 11 is 3.07. The second kappa shape index (κ2) is 11.5. The van der Waals surface area contributed by atoms with E-state index in [-0.39, 0.29) is 17.7 Å². The summed E-state index contributed by atoms with van der Waals surface area (Å²) in [4.78, 5) is 41.6. The van der Waals surface area contributed by atoms with Crippen molar-refractivity contribution in [2.75, 3.05) is 19.6 Å². The molecule has 0 bridgehead atoms. The van der Waals surface area contributed by atoms with Crippen LogP contribution >= 0.6 is 23.1 Å². The van der Waals surface area contributed by atoms with Crippen molar-refractivity contribution >= 4 is 40.8 Å². The van der Waals surface area contributed by atoms with E-state index in [4.69, 9.17) is 4.42 Å². The predicted molar refractivity (Wildman–Crippen MR) is 139 cm³/mol. The number of furan rings is 1. The molecule has 3 amide bonds. The van der Waals surface area contributed by atoms with Gasteiger partial charge in [0.25, 0.3) is 11.8 Å². The van der Waals surface area contributed by atoms with Crippen LogP contribution in [0.5, 0.6) is 0 Å². The molecule has 0 radical (unpaired) electrons. The Kier molecular flexibility index (Phi) is 8.38. The van der Waals surface area contributed by atoms with Crippen LogP contribution in [0.15, 0.2) is 39.9 Å². The van der Waals surface area contributed by atoms with E-state index >= 15 is 0 Å². The molecule has 1 saturated heterocycles. The lowest BCUT2D eigenvalue weighted by molar-refractivity contribution is -0.132. The molecular formula is C26H33N3O4S2. The van der Waals surface area contributed by atoms with Gasteiger partial charge in [0, 0.05) is 36.2 Å². The van der Waals surface area contributed by atoms with Crippen molar-refractivity contribution in [1.82, 2.24) is 15.5 Å². The highest BCUT2D eigenvalue weighted by molar-refractivity contribution is 8.04. The molecule has 188 valence electrons. The monoisotopic (exact) mass is 515 g/mol. The van der Waals surface area contributed by atoms with Gasteiger partial charge in [-0.05, 0) is 55.4 Å². The summed E-state index contributed by atoms with van der Waals surface area (Å²) in [6.07, 6.45) is 5.84. The Morgan fingerprint density at radius 3 is 2.54 bits per heavy atom. The lowest BCUT2D eigenvalue weighted by Gasteiger charge is -2.31. The van der Waals surface area contributed by atoms with Gasteiger partial charge in [-0.1, -0.05) is 19.9 Å². The number of carbonyl (C=O) groups is 3. The molecule has 1 fully saturated rings. The molecule has 2 aromatic heterocycles. The number of piperidine rings is 1. The van der Waals surface area contributed by atoms with Crippen LogP contribution in [0.2, 0.25) is 0 Å². The molecule has 2 aliphatic rings. The van der Waals surface area contributed by atoms with Gasteiger partial charge < -0.3 is 20.0 Å². The molecule has 2 atom stereocenters. The topological polar surface area (TPSA) is 91.7 Å². The fourth-order valence-corrected chi connectivity index (χ4v) is 6.31. The minimum Gasteiger partial charge on any atom is -0.467 e. The van der Waals surface area contributed by atoms with Crippen molar-refractivity contribution in [2.24, 2.45) is 5.92 Å². The Morgan fingerprint density at radius 1 is 1.11 bits per heavy atom. The number of aryl methyl sites for hydroxylation is 1. The Morgan fingerprint density at radius 2 is 1.89 bits per heavy atom. The van der Waals surface area contributed by atoms with E-state index in [0.29, 0.717) is 54.6 Å². The molecule has 4 rings (SSSR count). The van der Waals surface area contributed by atoms with E-state index in [1.807, 2.05) is 36.1 Å². The van der Waals surface area contributed by atoms with Crippen molar-refractivity contribution in [3.63, 3.8) is 0 Å². The number of likely N-dealkylation sites (tertiary alicyclic amines) is 1. The van der Waals surface area contributed by atoms with Crippen LogP contribution < -0.4 is 10.6 Å². The average molecular weight is 516 g/mol. The summed E-state index contributed by atoms with van der Waals surface area (Å²) in [6, 6.07) is 5.78. The van der Waals surface area contributed by atoms with Gasteiger partial charge in [-0.3, -0.25) is 14.4 Å². The van der Waals surface area contributed by atoms with Crippen LogP contribution in [0.3, 0.4) is 0 Å². The van der Waals surface area contributed by atoms with Gasteiger partial charge in [0.2, 0.25) is 5.91 Å². The van der Waals surface area contributed by atoms with Gasteiger partial charge in [-0.2, -0.15) is 0 Å². The van der Waals surface area contributed by atoms with E-state index in [9.17, 15) is 14.4 Å². The molecule has 0 saturated carbocycles. The number of thiophene rings is 1. The maximum absolute atomic E-state index is 12.6. The van der Waals surface area contributed by atoms with Crippen molar-refractivity contribution in [3.05, 3.63) is 56.5 Å². The highest BCUT2D eigenvalue weighted by atomic mass is 32.2. The number of thioether (sulfide) groups is 1. The SMILES string of the molecule is Cc1ccc(C(=O)NCc2cc(C3CCN(C(=O)CCNC(=O)C4=CC(C)C(C)S4)CC3)co2)s1. The third kappa shape index (κ3) is 6.58. The summed E-state index contributed by atoms with van der Waals surface area (Å²) in [6.45, 7) is 8.32. The van der Waals surface area contributed by atoms with E-state index < -0.39 is 0 Å². The van der Waals surface area contributed by atoms with E-state index in [1.54, 1.807) is 18.0 Å². The molecule has 2 aromatic rings. The number of nitrogens with zero attached hydrogens (tertiary/aromatic N) is 1. The first-order chi connectivity index (χ1) is 16.8. The lowest BCUT2D eigenvalue weighted by Crippen LogP contribution is -2.39. The van der Waals surface area contributed by atoms with E-state index in [2.05, 4.69) is 24.5 Å². The van der Waals surface area contributed by atoms with Crippen molar-refractivity contribution < 1.29 is 18.8 Å². The minimum absolute atomic E-state index is 0.0739. The minimum atomic E-state index is -0.0908. The van der Waals surface area contributed by atoms with E-state index in [1.165, 1.54) is 11.3 Å². The van der Waals surface area contributed by atoms with Gasteiger partial charge in [-0.15, -0.1) is 23.1 Å².